The van der Waals surface area contributed by atoms with Crippen LogP contribution < -0.4 is 5.73 Å². The summed E-state index contributed by atoms with van der Waals surface area (Å²) in [4.78, 5) is 10.1. The van der Waals surface area contributed by atoms with Gasteiger partial charge < -0.3 is 10.2 Å². The minimum atomic E-state index is -0.267. The lowest BCUT2D eigenvalue weighted by Gasteiger charge is -1.99. The average Bonchev–Trinajstić information content (AvgIpc) is 2.50. The van der Waals surface area contributed by atoms with Crippen LogP contribution in [0, 0.1) is 0 Å². The van der Waals surface area contributed by atoms with Crippen LogP contribution in [0.25, 0.3) is 0 Å². The summed E-state index contributed by atoms with van der Waals surface area (Å²) in [5.74, 6) is 0.290. The van der Waals surface area contributed by atoms with Gasteiger partial charge >= 0.3 is 0 Å². The molecule has 1 aromatic rings. The van der Waals surface area contributed by atoms with Crippen molar-refractivity contribution in [2.24, 2.45) is 5.73 Å². The van der Waals surface area contributed by atoms with Gasteiger partial charge in [-0.25, -0.2) is 0 Å². The molecule has 0 saturated carbocycles. The summed E-state index contributed by atoms with van der Waals surface area (Å²) in [6.07, 6.45) is 1.21. The third-order valence-corrected chi connectivity index (χ3v) is 1.31. The summed E-state index contributed by atoms with van der Waals surface area (Å²) in [6.45, 7) is 1.90. The highest BCUT2D eigenvalue weighted by Gasteiger charge is 2.11. The highest BCUT2D eigenvalue weighted by atomic mass is 16.4. The monoisotopic (exact) mass is 155 g/mol. The highest BCUT2D eigenvalue weighted by Crippen LogP contribution is 2.10. The van der Waals surface area contributed by atoms with E-state index in [1.54, 1.807) is 0 Å². The molecule has 1 atom stereocenters. The van der Waals surface area contributed by atoms with Crippen molar-refractivity contribution in [3.05, 3.63) is 11.8 Å². The van der Waals surface area contributed by atoms with Crippen LogP contribution in [0.2, 0.25) is 0 Å². The molecule has 0 radical (unpaired) electrons. The third-order valence-electron chi connectivity index (χ3n) is 1.31. The molecule has 1 rings (SSSR count). The fraction of sp³-hybridized carbons (Fsp3) is 0.500. The molecule has 2 N–H and O–H groups in total. The number of nitrogens with two attached hydrogens (primary N) is 1. The molecule has 0 aliphatic carbocycles. The number of hydrogen-bond donors (Lipinski definition) is 1. The Labute approximate surface area is 63.6 Å². The summed E-state index contributed by atoms with van der Waals surface area (Å²) in [7, 11) is 0. The zero-order valence-electron chi connectivity index (χ0n) is 6.15. The molecule has 0 saturated heterocycles. The zero-order chi connectivity index (χ0) is 8.27. The number of hydrogen-bond acceptors (Lipinski definition) is 5. The number of rotatable bonds is 3. The minimum Gasteiger partial charge on any atom is -0.417 e. The van der Waals surface area contributed by atoms with Crippen molar-refractivity contribution in [3.63, 3.8) is 0 Å². The van der Waals surface area contributed by atoms with Gasteiger partial charge in [-0.05, 0) is 6.42 Å². The second kappa shape index (κ2) is 3.25. The van der Waals surface area contributed by atoms with Gasteiger partial charge in [0.15, 0.2) is 0 Å². The molecule has 0 amide bonds. The first kappa shape index (κ1) is 7.87. The normalized spacial score (nSPS) is 12.9. The highest BCUT2D eigenvalue weighted by molar-refractivity contribution is 5.66. The Bertz CT molecular complexity index is 246. The maximum absolute atomic E-state index is 10.1. The number of nitrogens with zero attached hydrogens (tertiary/aromatic N) is 2. The second-order valence-electron chi connectivity index (χ2n) is 2.11. The Kier molecular flexibility index (Phi) is 2.32. The van der Waals surface area contributed by atoms with Crippen LogP contribution in [0.1, 0.15) is 36.0 Å². The summed E-state index contributed by atoms with van der Waals surface area (Å²) >= 11 is 0. The number of aldehydes is 1. The fourth-order valence-corrected chi connectivity index (χ4v) is 0.619. The van der Waals surface area contributed by atoms with Crippen LogP contribution in [0.15, 0.2) is 4.42 Å². The standard InChI is InChI=1S/C6H9N3O2/c1-2-4(7)6-9-8-5(3-10)11-6/h3-4H,2,7H2,1H3. The van der Waals surface area contributed by atoms with Crippen molar-refractivity contribution < 1.29 is 9.21 Å². The van der Waals surface area contributed by atoms with Crippen molar-refractivity contribution in [3.8, 4) is 0 Å². The Balaban J connectivity index is 2.79. The van der Waals surface area contributed by atoms with Gasteiger partial charge in [0.1, 0.15) is 0 Å². The van der Waals surface area contributed by atoms with Gasteiger partial charge in [-0.1, -0.05) is 6.92 Å². The van der Waals surface area contributed by atoms with E-state index in [0.29, 0.717) is 18.6 Å². The predicted octanol–water partition coefficient (Wildman–Crippen LogP) is 0.292. The molecular formula is C6H9N3O2. The van der Waals surface area contributed by atoms with E-state index in [1.807, 2.05) is 6.92 Å². The lowest BCUT2D eigenvalue weighted by Crippen LogP contribution is -2.08. The van der Waals surface area contributed by atoms with Gasteiger partial charge in [0, 0.05) is 0 Å². The first-order chi connectivity index (χ1) is 5.27. The van der Waals surface area contributed by atoms with E-state index >= 15 is 0 Å². The number of aromatic nitrogens is 2. The first-order valence-corrected chi connectivity index (χ1v) is 3.32. The van der Waals surface area contributed by atoms with E-state index in [4.69, 9.17) is 10.2 Å². The summed E-state index contributed by atoms with van der Waals surface area (Å²) in [5, 5.41) is 7.02. The Morgan fingerprint density at radius 1 is 1.73 bits per heavy atom. The maximum atomic E-state index is 10.1. The van der Waals surface area contributed by atoms with Crippen molar-refractivity contribution >= 4 is 6.29 Å². The topological polar surface area (TPSA) is 82.0 Å². The summed E-state index contributed by atoms with van der Waals surface area (Å²) in [6, 6.07) is -0.267. The largest absolute Gasteiger partial charge is 0.417 e. The summed E-state index contributed by atoms with van der Waals surface area (Å²) in [5.41, 5.74) is 5.55. The van der Waals surface area contributed by atoms with Crippen LogP contribution >= 0.6 is 0 Å². The van der Waals surface area contributed by atoms with Crippen LogP contribution in [0.4, 0.5) is 0 Å². The van der Waals surface area contributed by atoms with Gasteiger partial charge in [0.25, 0.3) is 5.89 Å². The SMILES string of the molecule is CCC(N)c1nnc(C=O)o1. The van der Waals surface area contributed by atoms with E-state index in [1.165, 1.54) is 0 Å². The van der Waals surface area contributed by atoms with Crippen molar-refractivity contribution in [2.75, 3.05) is 0 Å². The van der Waals surface area contributed by atoms with Gasteiger partial charge in [-0.15, -0.1) is 10.2 Å². The van der Waals surface area contributed by atoms with Gasteiger partial charge in [0.05, 0.1) is 6.04 Å². The molecule has 5 heteroatoms. The Morgan fingerprint density at radius 3 is 2.91 bits per heavy atom. The fourth-order valence-electron chi connectivity index (χ4n) is 0.619. The second-order valence-corrected chi connectivity index (χ2v) is 2.11. The molecule has 0 aliphatic rings. The van der Waals surface area contributed by atoms with E-state index < -0.39 is 0 Å². The van der Waals surface area contributed by atoms with Gasteiger partial charge in [-0.3, -0.25) is 4.79 Å². The lowest BCUT2D eigenvalue weighted by molar-refractivity contribution is 0.109. The van der Waals surface area contributed by atoms with E-state index in [9.17, 15) is 4.79 Å². The van der Waals surface area contributed by atoms with Crippen LogP contribution in [0.5, 0.6) is 0 Å². The third kappa shape index (κ3) is 1.62. The van der Waals surface area contributed by atoms with E-state index in [-0.39, 0.29) is 11.9 Å². The van der Waals surface area contributed by atoms with E-state index in [2.05, 4.69) is 10.2 Å². The Hall–Kier alpha value is -1.23. The average molecular weight is 155 g/mol. The molecule has 0 aliphatic heterocycles. The molecular weight excluding hydrogens is 146 g/mol. The van der Waals surface area contributed by atoms with Crippen LogP contribution in [0.3, 0.4) is 0 Å². The quantitative estimate of drug-likeness (QED) is 0.634. The molecule has 0 aromatic carbocycles. The minimum absolute atomic E-state index is 0.0242. The lowest BCUT2D eigenvalue weighted by atomic mass is 10.2. The maximum Gasteiger partial charge on any atom is 0.280 e. The molecule has 5 nitrogen and oxygen atoms in total. The molecule has 1 heterocycles. The zero-order valence-corrected chi connectivity index (χ0v) is 6.15. The van der Waals surface area contributed by atoms with Crippen molar-refractivity contribution in [2.45, 2.75) is 19.4 Å². The Morgan fingerprint density at radius 2 is 2.45 bits per heavy atom. The molecule has 0 spiro atoms. The molecule has 60 valence electrons. The van der Waals surface area contributed by atoms with Crippen LogP contribution in [-0.2, 0) is 0 Å². The smallest absolute Gasteiger partial charge is 0.280 e. The van der Waals surface area contributed by atoms with Crippen molar-refractivity contribution in [1.29, 1.82) is 0 Å². The molecule has 1 aromatic heterocycles. The molecule has 0 bridgehead atoms. The number of carbonyl (C=O) groups is 1. The van der Waals surface area contributed by atoms with Gasteiger partial charge in [0.2, 0.25) is 12.2 Å². The predicted molar refractivity (Wildman–Crippen MR) is 36.9 cm³/mol. The molecule has 11 heavy (non-hydrogen) atoms. The van der Waals surface area contributed by atoms with Crippen LogP contribution in [-0.4, -0.2) is 16.5 Å². The first-order valence-electron chi connectivity index (χ1n) is 3.32. The molecule has 1 unspecified atom stereocenters. The van der Waals surface area contributed by atoms with E-state index in [0.717, 1.165) is 0 Å². The van der Waals surface area contributed by atoms with Crippen molar-refractivity contribution in [1.82, 2.24) is 10.2 Å². The molecule has 0 fully saturated rings. The number of carbonyl (C=O) groups excluding carboxylic acids is 1. The summed E-state index contributed by atoms with van der Waals surface area (Å²) < 4.78 is 4.87. The van der Waals surface area contributed by atoms with Gasteiger partial charge in [-0.2, -0.15) is 0 Å².